The fourth-order valence-electron chi connectivity index (χ4n) is 3.10. The molecule has 0 bridgehead atoms. The predicted octanol–water partition coefficient (Wildman–Crippen LogP) is 4.38. The zero-order chi connectivity index (χ0) is 21.8. The van der Waals surface area contributed by atoms with Crippen LogP contribution < -0.4 is 4.31 Å². The van der Waals surface area contributed by atoms with Crippen molar-refractivity contribution >= 4 is 38.2 Å². The summed E-state index contributed by atoms with van der Waals surface area (Å²) < 4.78 is 27.4. The number of aromatic amines is 1. The summed E-state index contributed by atoms with van der Waals surface area (Å²) in [7, 11) is -4.01. The molecular weight excluding hydrogens is 416 g/mol. The Balaban J connectivity index is 1.65. The molecule has 3 aromatic carbocycles. The van der Waals surface area contributed by atoms with Gasteiger partial charge >= 0.3 is 0 Å². The van der Waals surface area contributed by atoms with E-state index in [1.807, 2.05) is 0 Å². The Morgan fingerprint density at radius 3 is 2.23 bits per heavy atom. The van der Waals surface area contributed by atoms with Crippen molar-refractivity contribution in [2.45, 2.75) is 4.90 Å². The maximum atomic E-state index is 13.2. The molecule has 0 unspecified atom stereocenters. The molecule has 9 heteroatoms. The lowest BCUT2D eigenvalue weighted by atomic mass is 10.2. The van der Waals surface area contributed by atoms with Crippen molar-refractivity contribution in [2.75, 3.05) is 10.8 Å². The number of aromatic nitrogens is 1. The summed E-state index contributed by atoms with van der Waals surface area (Å²) in [6.45, 7) is -0.548. The first-order valence-corrected chi connectivity index (χ1v) is 10.8. The van der Waals surface area contributed by atoms with Crippen molar-refractivity contribution in [1.82, 2.24) is 4.98 Å². The van der Waals surface area contributed by atoms with Crippen LogP contribution in [0.3, 0.4) is 0 Å². The minimum absolute atomic E-state index is 0.0536. The highest BCUT2D eigenvalue weighted by Gasteiger charge is 2.27. The molecule has 4 rings (SSSR count). The number of fused-ring (bicyclic) bond motifs is 1. The molecule has 4 aromatic rings. The minimum Gasteiger partial charge on any atom is -0.493 e. The van der Waals surface area contributed by atoms with E-state index in [2.05, 4.69) is 15.2 Å². The van der Waals surface area contributed by atoms with E-state index in [-0.39, 0.29) is 16.5 Å². The van der Waals surface area contributed by atoms with Gasteiger partial charge in [-0.05, 0) is 30.3 Å². The van der Waals surface area contributed by atoms with Crippen LogP contribution in [0.15, 0.2) is 100 Å². The van der Waals surface area contributed by atoms with Gasteiger partial charge in [-0.15, -0.1) is 10.2 Å². The van der Waals surface area contributed by atoms with Crippen molar-refractivity contribution in [1.29, 1.82) is 0 Å². The van der Waals surface area contributed by atoms with Gasteiger partial charge in [0.05, 0.1) is 16.1 Å². The first-order valence-electron chi connectivity index (χ1n) is 9.34. The lowest BCUT2D eigenvalue weighted by Gasteiger charge is -2.22. The largest absolute Gasteiger partial charge is 0.493 e. The number of H-pyrrole nitrogens is 1. The van der Waals surface area contributed by atoms with E-state index >= 15 is 0 Å². The van der Waals surface area contributed by atoms with Crippen LogP contribution in [0.4, 0.5) is 11.4 Å². The molecule has 0 saturated heterocycles. The summed E-state index contributed by atoms with van der Waals surface area (Å²) in [6.07, 6.45) is 0. The van der Waals surface area contributed by atoms with Crippen molar-refractivity contribution < 1.29 is 18.3 Å². The lowest BCUT2D eigenvalue weighted by Crippen LogP contribution is -2.35. The Labute approximate surface area is 178 Å². The fraction of sp³-hybridized carbons (Fsp3) is 0.0455. The highest BCUT2D eigenvalue weighted by Crippen LogP contribution is 2.35. The zero-order valence-corrected chi connectivity index (χ0v) is 17.0. The molecule has 0 spiro atoms. The number of hydrogen-bond donors (Lipinski definition) is 2. The fourth-order valence-corrected chi connectivity index (χ4v) is 4.54. The van der Waals surface area contributed by atoms with Gasteiger partial charge in [-0.3, -0.25) is 9.10 Å². The molecule has 0 saturated carbocycles. The third-order valence-electron chi connectivity index (χ3n) is 4.58. The number of rotatable bonds is 6. The number of azo groups is 1. The van der Waals surface area contributed by atoms with Crippen LogP contribution in [0.1, 0.15) is 0 Å². The Morgan fingerprint density at radius 1 is 0.903 bits per heavy atom. The third kappa shape index (κ3) is 4.17. The summed E-state index contributed by atoms with van der Waals surface area (Å²) in [5.41, 5.74) is 1.07. The summed E-state index contributed by atoms with van der Waals surface area (Å²) in [4.78, 5) is 15.4. The van der Waals surface area contributed by atoms with Gasteiger partial charge < -0.3 is 10.1 Å². The van der Waals surface area contributed by atoms with E-state index in [9.17, 15) is 18.3 Å². The highest BCUT2D eigenvalue weighted by atomic mass is 32.2. The van der Waals surface area contributed by atoms with Gasteiger partial charge in [0.25, 0.3) is 15.9 Å². The van der Waals surface area contributed by atoms with E-state index in [0.29, 0.717) is 16.6 Å². The van der Waals surface area contributed by atoms with E-state index in [1.165, 1.54) is 12.1 Å². The van der Waals surface area contributed by atoms with Crippen LogP contribution in [0.25, 0.3) is 10.9 Å². The number of anilines is 1. The minimum atomic E-state index is -4.01. The molecule has 1 amide bonds. The van der Waals surface area contributed by atoms with Crippen molar-refractivity contribution in [3.05, 3.63) is 84.9 Å². The topological polar surface area (TPSA) is 115 Å². The molecule has 0 radical (unpaired) electrons. The number of amides is 1. The van der Waals surface area contributed by atoms with Crippen LogP contribution in [-0.4, -0.2) is 31.0 Å². The summed E-state index contributed by atoms with van der Waals surface area (Å²) in [5.74, 6) is -1.01. The molecule has 0 fully saturated rings. The van der Waals surface area contributed by atoms with Crippen LogP contribution in [0.5, 0.6) is 5.88 Å². The summed E-state index contributed by atoms with van der Waals surface area (Å²) >= 11 is 0. The Kier molecular flexibility index (Phi) is 5.50. The van der Waals surface area contributed by atoms with Gasteiger partial charge in [-0.1, -0.05) is 54.6 Å². The molecule has 156 valence electrons. The molecule has 1 aromatic heterocycles. The van der Waals surface area contributed by atoms with Gasteiger partial charge in [0.1, 0.15) is 6.54 Å². The van der Waals surface area contributed by atoms with Crippen molar-refractivity contribution in [3.63, 3.8) is 0 Å². The number of carbonyl (C=O) groups is 1. The highest BCUT2D eigenvalue weighted by molar-refractivity contribution is 7.92. The maximum Gasteiger partial charge on any atom is 0.285 e. The van der Waals surface area contributed by atoms with Crippen molar-refractivity contribution in [3.8, 4) is 5.88 Å². The number of hydrogen-bond acceptors (Lipinski definition) is 5. The van der Waals surface area contributed by atoms with Crippen molar-refractivity contribution in [2.24, 2.45) is 10.2 Å². The summed E-state index contributed by atoms with van der Waals surface area (Å²) in [5, 5.41) is 18.2. The SMILES string of the molecule is O=C(CN(c1ccccc1)S(=O)(=O)c1ccccc1)N=Nc1c(O)[nH]c2ccccc12. The number of aromatic hydroxyl groups is 1. The number of sulfonamides is 1. The lowest BCUT2D eigenvalue weighted by molar-refractivity contribution is -0.116. The average Bonchev–Trinajstić information content (AvgIpc) is 3.12. The molecule has 0 aliphatic rings. The molecular formula is C22H18N4O4S. The molecule has 31 heavy (non-hydrogen) atoms. The Bertz CT molecular complexity index is 1350. The Hall–Kier alpha value is -3.98. The van der Waals surface area contributed by atoms with Crippen LogP contribution in [0, 0.1) is 0 Å². The molecule has 8 nitrogen and oxygen atoms in total. The number of nitrogens with one attached hydrogen (secondary N) is 1. The van der Waals surface area contributed by atoms with Crippen LogP contribution >= 0.6 is 0 Å². The normalized spacial score (nSPS) is 11.7. The van der Waals surface area contributed by atoms with Crippen LogP contribution in [0.2, 0.25) is 0 Å². The number of nitrogens with zero attached hydrogens (tertiary/aromatic N) is 3. The number of para-hydroxylation sites is 2. The third-order valence-corrected chi connectivity index (χ3v) is 6.36. The maximum absolute atomic E-state index is 13.2. The average molecular weight is 434 g/mol. The monoisotopic (exact) mass is 434 g/mol. The van der Waals surface area contributed by atoms with Gasteiger partial charge in [-0.2, -0.15) is 0 Å². The first-order chi connectivity index (χ1) is 15.0. The van der Waals surface area contributed by atoms with Crippen LogP contribution in [-0.2, 0) is 14.8 Å². The number of carbonyl (C=O) groups excluding carboxylic acids is 1. The molecule has 0 aliphatic heterocycles. The number of benzene rings is 3. The standard InChI is InChI=1S/C22H18N4O4S/c27-20(24-25-21-18-13-7-8-14-19(18)23-22(21)28)15-26(16-9-3-1-4-10-16)31(29,30)17-11-5-2-6-12-17/h1-14,23,28H,15H2. The quantitative estimate of drug-likeness (QED) is 0.438. The van der Waals surface area contributed by atoms with E-state index < -0.39 is 22.5 Å². The molecule has 1 heterocycles. The second-order valence-corrected chi connectivity index (χ2v) is 8.48. The smallest absolute Gasteiger partial charge is 0.285 e. The molecule has 0 atom stereocenters. The van der Waals surface area contributed by atoms with Gasteiger partial charge in [0, 0.05) is 5.39 Å². The zero-order valence-electron chi connectivity index (χ0n) is 16.2. The van der Waals surface area contributed by atoms with Gasteiger partial charge in [0.2, 0.25) is 5.88 Å². The Morgan fingerprint density at radius 2 is 1.52 bits per heavy atom. The first kappa shape index (κ1) is 20.3. The van der Waals surface area contributed by atoms with E-state index in [4.69, 9.17) is 0 Å². The summed E-state index contributed by atoms with van der Waals surface area (Å²) in [6, 6.07) is 23.2. The molecule has 2 N–H and O–H groups in total. The van der Waals surface area contributed by atoms with Gasteiger partial charge in [0.15, 0.2) is 5.69 Å². The molecule has 0 aliphatic carbocycles. The second kappa shape index (κ2) is 8.41. The van der Waals surface area contributed by atoms with E-state index in [0.717, 1.165) is 4.31 Å². The predicted molar refractivity (Wildman–Crippen MR) is 117 cm³/mol. The van der Waals surface area contributed by atoms with E-state index in [1.54, 1.807) is 72.8 Å². The second-order valence-electron chi connectivity index (χ2n) is 6.62. The van der Waals surface area contributed by atoms with Gasteiger partial charge in [-0.25, -0.2) is 8.42 Å².